The minimum Gasteiger partial charge on any atom is -0.342 e. The Morgan fingerprint density at radius 3 is 2.14 bits per heavy atom. The lowest BCUT2D eigenvalue weighted by Crippen LogP contribution is -2.45. The van der Waals surface area contributed by atoms with Gasteiger partial charge in [-0.25, -0.2) is 4.39 Å². The maximum absolute atomic E-state index is 13.9. The second-order valence-corrected chi connectivity index (χ2v) is 8.42. The third-order valence-corrected chi connectivity index (χ3v) is 6.33. The molecule has 2 aliphatic heterocycles. The average molecular weight is 387 g/mol. The molecule has 2 saturated heterocycles. The van der Waals surface area contributed by atoms with Crippen molar-refractivity contribution in [3.8, 4) is 0 Å². The van der Waals surface area contributed by atoms with Crippen LogP contribution in [0.1, 0.15) is 37.7 Å². The number of piperidine rings is 1. The Labute approximate surface area is 166 Å². The molecule has 0 atom stereocenters. The summed E-state index contributed by atoms with van der Waals surface area (Å²) in [5.74, 6) is 0.683. The van der Waals surface area contributed by atoms with Gasteiger partial charge < -0.3 is 9.80 Å². The zero-order chi connectivity index (χ0) is 19.5. The predicted octanol–water partition coefficient (Wildman–Crippen LogP) is 2.51. The summed E-state index contributed by atoms with van der Waals surface area (Å²) in [6.07, 6.45) is 4.56. The van der Waals surface area contributed by atoms with Crippen LogP contribution >= 0.6 is 0 Å². The number of benzene rings is 1. The van der Waals surface area contributed by atoms with Crippen molar-refractivity contribution in [2.24, 2.45) is 11.8 Å². The zero-order valence-electron chi connectivity index (χ0n) is 16.5. The Bertz CT molecular complexity index is 713. The van der Waals surface area contributed by atoms with E-state index in [0.29, 0.717) is 19.0 Å². The molecule has 0 unspecified atom stereocenters. The molecule has 1 aliphatic carbocycles. The van der Waals surface area contributed by atoms with Gasteiger partial charge in [-0.05, 0) is 38.2 Å². The van der Waals surface area contributed by atoms with Crippen molar-refractivity contribution in [2.75, 3.05) is 39.3 Å². The van der Waals surface area contributed by atoms with Gasteiger partial charge in [0.15, 0.2) is 0 Å². The van der Waals surface area contributed by atoms with Crippen molar-refractivity contribution >= 4 is 11.8 Å². The number of amides is 2. The van der Waals surface area contributed by atoms with Gasteiger partial charge in [-0.2, -0.15) is 0 Å². The van der Waals surface area contributed by atoms with Crippen LogP contribution in [-0.2, 0) is 16.1 Å². The lowest BCUT2D eigenvalue weighted by molar-refractivity contribution is -0.141. The van der Waals surface area contributed by atoms with Gasteiger partial charge >= 0.3 is 0 Å². The van der Waals surface area contributed by atoms with Gasteiger partial charge in [-0.1, -0.05) is 18.2 Å². The molecule has 2 amide bonds. The number of likely N-dealkylation sites (tertiary alicyclic amines) is 1. The minimum atomic E-state index is -0.160. The third-order valence-electron chi connectivity index (χ3n) is 6.33. The van der Waals surface area contributed by atoms with Gasteiger partial charge in [0.25, 0.3) is 0 Å². The molecular formula is C22H30FN3O2. The van der Waals surface area contributed by atoms with Crippen LogP contribution in [0.2, 0.25) is 0 Å². The van der Waals surface area contributed by atoms with Crippen LogP contribution in [0.15, 0.2) is 24.3 Å². The summed E-state index contributed by atoms with van der Waals surface area (Å²) in [5, 5.41) is 0. The molecule has 3 aliphatic rings. The van der Waals surface area contributed by atoms with E-state index in [1.54, 1.807) is 6.07 Å². The van der Waals surface area contributed by atoms with E-state index in [1.807, 2.05) is 21.9 Å². The van der Waals surface area contributed by atoms with E-state index in [4.69, 9.17) is 0 Å². The van der Waals surface area contributed by atoms with Crippen molar-refractivity contribution < 1.29 is 14.0 Å². The second-order valence-electron chi connectivity index (χ2n) is 8.42. The summed E-state index contributed by atoms with van der Waals surface area (Å²) in [7, 11) is 0. The minimum absolute atomic E-state index is 0.0429. The molecule has 28 heavy (non-hydrogen) atoms. The van der Waals surface area contributed by atoms with E-state index in [0.717, 1.165) is 70.4 Å². The first-order chi connectivity index (χ1) is 13.6. The standard InChI is InChI=1S/C22H30FN3O2/c23-20-5-2-1-4-19(20)16-24-10-3-11-25(15-14-24)22(28)18-8-12-26(13-9-18)21(27)17-6-7-17/h1-2,4-5,17-18H,3,6-16H2. The highest BCUT2D eigenvalue weighted by molar-refractivity contribution is 5.82. The quantitative estimate of drug-likeness (QED) is 0.797. The molecule has 0 spiro atoms. The maximum Gasteiger partial charge on any atom is 0.225 e. The lowest BCUT2D eigenvalue weighted by Gasteiger charge is -2.34. The molecule has 0 N–H and O–H groups in total. The average Bonchev–Trinajstić information content (AvgIpc) is 3.57. The number of carbonyl (C=O) groups is 2. The van der Waals surface area contributed by atoms with Gasteiger partial charge in [0, 0.05) is 63.2 Å². The Morgan fingerprint density at radius 2 is 1.46 bits per heavy atom. The van der Waals surface area contributed by atoms with E-state index in [-0.39, 0.29) is 23.6 Å². The predicted molar refractivity (Wildman–Crippen MR) is 105 cm³/mol. The molecule has 0 radical (unpaired) electrons. The zero-order valence-corrected chi connectivity index (χ0v) is 16.5. The SMILES string of the molecule is O=C(C1CC1)N1CCC(C(=O)N2CCCN(Cc3ccccc3F)CC2)CC1. The van der Waals surface area contributed by atoms with Gasteiger partial charge in [0.1, 0.15) is 5.82 Å². The van der Waals surface area contributed by atoms with Crippen molar-refractivity contribution in [3.63, 3.8) is 0 Å². The van der Waals surface area contributed by atoms with Crippen LogP contribution in [0, 0.1) is 17.7 Å². The maximum atomic E-state index is 13.9. The lowest BCUT2D eigenvalue weighted by atomic mass is 9.95. The highest BCUT2D eigenvalue weighted by Gasteiger charge is 2.36. The van der Waals surface area contributed by atoms with Crippen LogP contribution in [0.4, 0.5) is 4.39 Å². The Balaban J connectivity index is 1.26. The molecule has 0 aromatic heterocycles. The first kappa shape index (κ1) is 19.4. The molecule has 2 heterocycles. The van der Waals surface area contributed by atoms with Crippen LogP contribution in [0.5, 0.6) is 0 Å². The van der Waals surface area contributed by atoms with Crippen molar-refractivity contribution in [1.29, 1.82) is 0 Å². The summed E-state index contributed by atoms with van der Waals surface area (Å²) < 4.78 is 13.9. The number of rotatable bonds is 4. The molecule has 5 nitrogen and oxygen atoms in total. The summed E-state index contributed by atoms with van der Waals surface area (Å²) in [6, 6.07) is 6.92. The highest BCUT2D eigenvalue weighted by atomic mass is 19.1. The molecule has 0 bridgehead atoms. The molecule has 1 saturated carbocycles. The van der Waals surface area contributed by atoms with Gasteiger partial charge in [-0.3, -0.25) is 14.5 Å². The van der Waals surface area contributed by atoms with E-state index >= 15 is 0 Å². The summed E-state index contributed by atoms with van der Waals surface area (Å²) in [4.78, 5) is 31.4. The second kappa shape index (κ2) is 8.60. The fraction of sp³-hybridized carbons (Fsp3) is 0.636. The first-order valence-electron chi connectivity index (χ1n) is 10.6. The molecular weight excluding hydrogens is 357 g/mol. The topological polar surface area (TPSA) is 43.9 Å². The smallest absolute Gasteiger partial charge is 0.225 e. The van der Waals surface area contributed by atoms with Crippen LogP contribution in [-0.4, -0.2) is 65.8 Å². The third kappa shape index (κ3) is 4.54. The first-order valence-corrected chi connectivity index (χ1v) is 10.6. The highest BCUT2D eigenvalue weighted by Crippen LogP contribution is 2.32. The Morgan fingerprint density at radius 1 is 0.821 bits per heavy atom. The Kier molecular flexibility index (Phi) is 5.95. The van der Waals surface area contributed by atoms with Gasteiger partial charge in [-0.15, -0.1) is 0 Å². The summed E-state index contributed by atoms with van der Waals surface area (Å²) >= 11 is 0. The van der Waals surface area contributed by atoms with Crippen LogP contribution in [0.25, 0.3) is 0 Å². The normalized spacial score (nSPS) is 22.2. The molecule has 1 aromatic carbocycles. The van der Waals surface area contributed by atoms with E-state index in [1.165, 1.54) is 6.07 Å². The van der Waals surface area contributed by atoms with Crippen LogP contribution in [0.3, 0.4) is 0 Å². The van der Waals surface area contributed by atoms with Crippen LogP contribution < -0.4 is 0 Å². The van der Waals surface area contributed by atoms with E-state index in [9.17, 15) is 14.0 Å². The molecule has 152 valence electrons. The number of hydrogen-bond donors (Lipinski definition) is 0. The Hall–Kier alpha value is -1.95. The fourth-order valence-electron chi connectivity index (χ4n) is 4.41. The molecule has 4 rings (SSSR count). The van der Waals surface area contributed by atoms with E-state index < -0.39 is 0 Å². The molecule has 3 fully saturated rings. The fourth-order valence-corrected chi connectivity index (χ4v) is 4.41. The number of carbonyl (C=O) groups excluding carboxylic acids is 2. The number of hydrogen-bond acceptors (Lipinski definition) is 3. The van der Waals surface area contributed by atoms with Crippen molar-refractivity contribution in [1.82, 2.24) is 14.7 Å². The molecule has 1 aromatic rings. The number of halogens is 1. The molecule has 6 heteroatoms. The van der Waals surface area contributed by atoms with Gasteiger partial charge in [0.2, 0.25) is 11.8 Å². The largest absolute Gasteiger partial charge is 0.342 e. The van der Waals surface area contributed by atoms with Crippen molar-refractivity contribution in [2.45, 2.75) is 38.6 Å². The monoisotopic (exact) mass is 387 g/mol. The van der Waals surface area contributed by atoms with E-state index in [2.05, 4.69) is 4.90 Å². The van der Waals surface area contributed by atoms with Crippen molar-refractivity contribution in [3.05, 3.63) is 35.6 Å². The summed E-state index contributed by atoms with van der Waals surface area (Å²) in [5.41, 5.74) is 0.718. The van der Waals surface area contributed by atoms with Gasteiger partial charge in [0.05, 0.1) is 0 Å². The summed E-state index contributed by atoms with van der Waals surface area (Å²) in [6.45, 7) is 5.17. The number of nitrogens with zero attached hydrogens (tertiary/aromatic N) is 3.